The Labute approximate surface area is 90.5 Å². The summed E-state index contributed by atoms with van der Waals surface area (Å²) in [6, 6.07) is 3.44. The second kappa shape index (κ2) is 3.59. The molecule has 0 bridgehead atoms. The van der Waals surface area contributed by atoms with Crippen LogP contribution in [0.2, 0.25) is 5.22 Å². The molecule has 1 N–H and O–H groups in total. The van der Waals surface area contributed by atoms with Crippen LogP contribution in [0.3, 0.4) is 0 Å². The smallest absolute Gasteiger partial charge is 0.198 e. The second-order valence-corrected chi connectivity index (χ2v) is 3.46. The molecule has 2 aromatic heterocycles. The molecule has 0 unspecified atom stereocenters. The molecule has 2 heterocycles. The van der Waals surface area contributed by atoms with E-state index in [9.17, 15) is 0 Å². The summed E-state index contributed by atoms with van der Waals surface area (Å²) in [5, 5.41) is 7.12. The van der Waals surface area contributed by atoms with Gasteiger partial charge in [0.2, 0.25) is 0 Å². The molecule has 2 aromatic rings. The fourth-order valence-corrected chi connectivity index (χ4v) is 1.64. The zero-order chi connectivity index (χ0) is 10.1. The molecule has 0 radical (unpaired) electrons. The maximum Gasteiger partial charge on any atom is 0.198 e. The van der Waals surface area contributed by atoms with E-state index in [4.69, 9.17) is 28.2 Å². The highest BCUT2D eigenvalue weighted by atomic mass is 35.5. The van der Waals surface area contributed by atoms with Gasteiger partial charge < -0.3 is 4.42 Å². The molecule has 0 amide bonds. The summed E-state index contributed by atoms with van der Waals surface area (Å²) in [5.41, 5.74) is 0. The first-order valence-electron chi connectivity index (χ1n) is 4.13. The van der Waals surface area contributed by atoms with Gasteiger partial charge in [-0.1, -0.05) is 0 Å². The Kier molecular flexibility index (Phi) is 2.43. The van der Waals surface area contributed by atoms with Crippen molar-refractivity contribution in [1.29, 1.82) is 0 Å². The lowest BCUT2D eigenvalue weighted by atomic mass is 10.4. The number of rotatable bonds is 2. The van der Waals surface area contributed by atoms with Gasteiger partial charge in [-0.05, 0) is 42.9 Å². The highest BCUT2D eigenvalue weighted by molar-refractivity contribution is 7.71. The molecule has 6 heteroatoms. The average molecular weight is 230 g/mol. The van der Waals surface area contributed by atoms with Crippen LogP contribution < -0.4 is 0 Å². The largest absolute Gasteiger partial charge is 0.441 e. The van der Waals surface area contributed by atoms with E-state index < -0.39 is 0 Å². The lowest BCUT2D eigenvalue weighted by Crippen LogP contribution is -1.96. The minimum absolute atomic E-state index is 0.344. The zero-order valence-corrected chi connectivity index (χ0v) is 9.02. The van der Waals surface area contributed by atoms with E-state index in [-0.39, 0.29) is 0 Å². The van der Waals surface area contributed by atoms with E-state index in [0.717, 1.165) is 6.54 Å². The number of hydrogen-bond acceptors (Lipinski definition) is 3. The highest BCUT2D eigenvalue weighted by Gasteiger charge is 2.10. The van der Waals surface area contributed by atoms with Gasteiger partial charge in [-0.2, -0.15) is 5.10 Å². The molecule has 74 valence electrons. The summed E-state index contributed by atoms with van der Waals surface area (Å²) in [5.74, 6) is 1.29. The van der Waals surface area contributed by atoms with E-state index in [1.165, 1.54) is 0 Å². The minimum Gasteiger partial charge on any atom is -0.441 e. The van der Waals surface area contributed by atoms with Gasteiger partial charge in [0.25, 0.3) is 0 Å². The first-order valence-corrected chi connectivity index (χ1v) is 4.92. The summed E-state index contributed by atoms with van der Waals surface area (Å²) in [7, 11) is 0. The van der Waals surface area contributed by atoms with Crippen LogP contribution in [0.1, 0.15) is 6.92 Å². The standard InChI is InChI=1S/C8H8ClN3OS/c1-2-12-7(10-11-8(12)14)5-3-4-6(9)13-5/h3-4H,2H2,1H3,(H,11,14). The van der Waals surface area contributed by atoms with Crippen molar-refractivity contribution in [2.75, 3.05) is 0 Å². The van der Waals surface area contributed by atoms with Crippen molar-refractivity contribution in [1.82, 2.24) is 14.8 Å². The SMILES string of the molecule is CCn1c(-c2ccc(Cl)o2)n[nH]c1=S. The molecular weight excluding hydrogens is 222 g/mol. The lowest BCUT2D eigenvalue weighted by molar-refractivity contribution is 0.572. The van der Waals surface area contributed by atoms with E-state index in [1.807, 2.05) is 11.5 Å². The van der Waals surface area contributed by atoms with Crippen LogP contribution in [0.4, 0.5) is 0 Å². The van der Waals surface area contributed by atoms with Gasteiger partial charge in [0.05, 0.1) is 0 Å². The average Bonchev–Trinajstić information content (AvgIpc) is 2.71. The molecule has 0 fully saturated rings. The van der Waals surface area contributed by atoms with Crippen molar-refractivity contribution in [2.24, 2.45) is 0 Å². The quantitative estimate of drug-likeness (QED) is 0.806. The number of nitrogens with zero attached hydrogens (tertiary/aromatic N) is 2. The van der Waals surface area contributed by atoms with Crippen molar-refractivity contribution in [2.45, 2.75) is 13.5 Å². The number of nitrogens with one attached hydrogen (secondary N) is 1. The third kappa shape index (κ3) is 1.49. The van der Waals surface area contributed by atoms with Gasteiger partial charge in [-0.3, -0.25) is 9.67 Å². The molecule has 2 rings (SSSR count). The highest BCUT2D eigenvalue weighted by Crippen LogP contribution is 2.22. The predicted molar refractivity (Wildman–Crippen MR) is 55.8 cm³/mol. The monoisotopic (exact) mass is 229 g/mol. The van der Waals surface area contributed by atoms with Crippen LogP contribution in [-0.2, 0) is 6.54 Å². The number of aromatic nitrogens is 3. The Morgan fingerprint density at radius 1 is 1.64 bits per heavy atom. The summed E-state index contributed by atoms with van der Waals surface area (Å²) in [6.07, 6.45) is 0. The molecule has 0 saturated heterocycles. The number of aromatic amines is 1. The van der Waals surface area contributed by atoms with E-state index in [0.29, 0.717) is 21.6 Å². The second-order valence-electron chi connectivity index (χ2n) is 2.70. The summed E-state index contributed by atoms with van der Waals surface area (Å²) in [6.45, 7) is 2.72. The normalized spacial score (nSPS) is 10.7. The van der Waals surface area contributed by atoms with Gasteiger partial charge in [-0.15, -0.1) is 0 Å². The van der Waals surface area contributed by atoms with Crippen LogP contribution in [-0.4, -0.2) is 14.8 Å². The fourth-order valence-electron chi connectivity index (χ4n) is 1.23. The lowest BCUT2D eigenvalue weighted by Gasteiger charge is -1.98. The van der Waals surface area contributed by atoms with Crippen molar-refractivity contribution in [3.05, 3.63) is 22.1 Å². The van der Waals surface area contributed by atoms with E-state index in [2.05, 4.69) is 10.2 Å². The Balaban J connectivity index is 2.56. The van der Waals surface area contributed by atoms with Gasteiger partial charge in [-0.25, -0.2) is 0 Å². The Morgan fingerprint density at radius 3 is 3.00 bits per heavy atom. The summed E-state index contributed by atoms with van der Waals surface area (Å²) >= 11 is 10.7. The maximum atomic E-state index is 5.67. The molecule has 0 aliphatic heterocycles. The molecule has 0 aliphatic carbocycles. The Bertz CT molecular complexity index is 499. The first kappa shape index (κ1) is 9.48. The topological polar surface area (TPSA) is 46.8 Å². The van der Waals surface area contributed by atoms with Gasteiger partial charge in [0.1, 0.15) is 0 Å². The number of furan rings is 1. The third-order valence-corrected chi connectivity index (χ3v) is 2.38. The molecule has 0 aliphatic rings. The van der Waals surface area contributed by atoms with Crippen molar-refractivity contribution >= 4 is 23.8 Å². The molecule has 14 heavy (non-hydrogen) atoms. The molecule has 0 saturated carbocycles. The first-order chi connectivity index (χ1) is 6.72. The van der Waals surface area contributed by atoms with Crippen molar-refractivity contribution in [3.63, 3.8) is 0 Å². The molecule has 0 spiro atoms. The molecule has 4 nitrogen and oxygen atoms in total. The van der Waals surface area contributed by atoms with Crippen molar-refractivity contribution < 1.29 is 4.42 Å². The van der Waals surface area contributed by atoms with Crippen LogP contribution in [0.25, 0.3) is 11.6 Å². The summed E-state index contributed by atoms with van der Waals surface area (Å²) in [4.78, 5) is 0. The molecule has 0 atom stereocenters. The van der Waals surface area contributed by atoms with E-state index >= 15 is 0 Å². The summed E-state index contributed by atoms with van der Waals surface area (Å²) < 4.78 is 7.66. The number of hydrogen-bond donors (Lipinski definition) is 1. The minimum atomic E-state index is 0.344. The fraction of sp³-hybridized carbons (Fsp3) is 0.250. The number of halogens is 1. The van der Waals surface area contributed by atoms with Gasteiger partial charge in [0, 0.05) is 6.54 Å². The van der Waals surface area contributed by atoms with Crippen LogP contribution in [0.5, 0.6) is 0 Å². The van der Waals surface area contributed by atoms with Gasteiger partial charge in [0.15, 0.2) is 21.6 Å². The Hall–Kier alpha value is -1.07. The third-order valence-electron chi connectivity index (χ3n) is 1.87. The Morgan fingerprint density at radius 2 is 2.43 bits per heavy atom. The van der Waals surface area contributed by atoms with E-state index in [1.54, 1.807) is 12.1 Å². The van der Waals surface area contributed by atoms with Crippen molar-refractivity contribution in [3.8, 4) is 11.6 Å². The van der Waals surface area contributed by atoms with Crippen LogP contribution in [0.15, 0.2) is 16.5 Å². The maximum absolute atomic E-state index is 5.67. The predicted octanol–water partition coefficient (Wildman–Crippen LogP) is 2.87. The zero-order valence-electron chi connectivity index (χ0n) is 7.45. The molecule has 0 aromatic carbocycles. The number of H-pyrrole nitrogens is 1. The molecular formula is C8H8ClN3OS. The van der Waals surface area contributed by atoms with Crippen LogP contribution >= 0.6 is 23.8 Å². The van der Waals surface area contributed by atoms with Gasteiger partial charge >= 0.3 is 0 Å². The van der Waals surface area contributed by atoms with Crippen LogP contribution in [0, 0.1) is 4.77 Å².